The molecule has 0 saturated carbocycles. The SMILES string of the molecule is O=C(O)C(O)C(CO)OCl. The Kier molecular flexibility index (Phi) is 4.29. The second-order valence-electron chi connectivity index (χ2n) is 1.59. The van der Waals surface area contributed by atoms with Crippen molar-refractivity contribution in [3.63, 3.8) is 0 Å². The molecule has 2 atom stereocenters. The molecule has 0 aliphatic rings. The largest absolute Gasteiger partial charge is 0.479 e. The van der Waals surface area contributed by atoms with Gasteiger partial charge in [-0.2, -0.15) is 0 Å². The number of hydrogen-bond donors (Lipinski definition) is 3. The van der Waals surface area contributed by atoms with Gasteiger partial charge in [-0.05, 0) is 0 Å². The van der Waals surface area contributed by atoms with Crippen molar-refractivity contribution >= 4 is 17.8 Å². The highest BCUT2D eigenvalue weighted by Gasteiger charge is 2.25. The second-order valence-corrected chi connectivity index (χ2v) is 1.77. The molecule has 0 rings (SSSR count). The van der Waals surface area contributed by atoms with Crippen molar-refractivity contribution in [3.8, 4) is 0 Å². The van der Waals surface area contributed by atoms with Crippen molar-refractivity contribution < 1.29 is 24.4 Å². The molecule has 0 saturated heterocycles. The first kappa shape index (κ1) is 9.64. The van der Waals surface area contributed by atoms with Crippen molar-refractivity contribution in [2.45, 2.75) is 12.2 Å². The van der Waals surface area contributed by atoms with Crippen LogP contribution in [0, 0.1) is 0 Å². The Morgan fingerprint density at radius 1 is 1.70 bits per heavy atom. The van der Waals surface area contributed by atoms with Crippen LogP contribution in [0.1, 0.15) is 0 Å². The van der Waals surface area contributed by atoms with Gasteiger partial charge in [-0.1, -0.05) is 0 Å². The first-order valence-electron chi connectivity index (χ1n) is 2.42. The van der Waals surface area contributed by atoms with Gasteiger partial charge in [0.05, 0.1) is 18.5 Å². The van der Waals surface area contributed by atoms with E-state index >= 15 is 0 Å². The minimum Gasteiger partial charge on any atom is -0.479 e. The molecule has 0 aliphatic heterocycles. The lowest BCUT2D eigenvalue weighted by Gasteiger charge is -2.12. The standard InChI is InChI=1S/C4H7ClO5/c5-10-2(1-6)3(7)4(8)9/h2-3,6-7H,1H2,(H,8,9). The summed E-state index contributed by atoms with van der Waals surface area (Å²) in [5.74, 6) is -1.49. The highest BCUT2D eigenvalue weighted by atomic mass is 35.5. The van der Waals surface area contributed by atoms with E-state index in [1.807, 2.05) is 0 Å². The number of hydrogen-bond acceptors (Lipinski definition) is 4. The van der Waals surface area contributed by atoms with Crippen molar-refractivity contribution in [2.24, 2.45) is 0 Å². The van der Waals surface area contributed by atoms with E-state index in [-0.39, 0.29) is 0 Å². The van der Waals surface area contributed by atoms with Crippen LogP contribution < -0.4 is 0 Å². The lowest BCUT2D eigenvalue weighted by Crippen LogP contribution is -2.36. The molecule has 6 heteroatoms. The van der Waals surface area contributed by atoms with Crippen LogP contribution in [0.2, 0.25) is 0 Å². The predicted molar refractivity (Wildman–Crippen MR) is 31.5 cm³/mol. The molecule has 0 heterocycles. The van der Waals surface area contributed by atoms with Crippen LogP contribution in [0.15, 0.2) is 0 Å². The highest BCUT2D eigenvalue weighted by Crippen LogP contribution is 2.00. The van der Waals surface area contributed by atoms with Gasteiger partial charge in [0, 0.05) is 0 Å². The maximum absolute atomic E-state index is 9.96. The number of halogens is 1. The normalized spacial score (nSPS) is 16.3. The van der Waals surface area contributed by atoms with Crippen LogP contribution in [0.5, 0.6) is 0 Å². The molecule has 0 fully saturated rings. The van der Waals surface area contributed by atoms with Crippen molar-refractivity contribution in [2.75, 3.05) is 6.61 Å². The van der Waals surface area contributed by atoms with Crippen LogP contribution in [0.25, 0.3) is 0 Å². The Balaban J connectivity index is 3.88. The Morgan fingerprint density at radius 2 is 2.20 bits per heavy atom. The lowest BCUT2D eigenvalue weighted by molar-refractivity contribution is -0.152. The van der Waals surface area contributed by atoms with Crippen LogP contribution in [0.3, 0.4) is 0 Å². The Bertz CT molecular complexity index is 112. The predicted octanol–water partition coefficient (Wildman–Crippen LogP) is -1.04. The zero-order chi connectivity index (χ0) is 8.15. The smallest absolute Gasteiger partial charge is 0.335 e. The molecule has 0 bridgehead atoms. The Morgan fingerprint density at radius 3 is 2.30 bits per heavy atom. The fraction of sp³-hybridized carbons (Fsp3) is 0.750. The second kappa shape index (κ2) is 4.45. The molecule has 0 spiro atoms. The summed E-state index contributed by atoms with van der Waals surface area (Å²) in [6.07, 6.45) is -3.07. The molecule has 5 nitrogen and oxygen atoms in total. The average molecular weight is 171 g/mol. The first-order chi connectivity index (χ1) is 4.63. The van der Waals surface area contributed by atoms with E-state index in [9.17, 15) is 4.79 Å². The van der Waals surface area contributed by atoms with E-state index in [1.165, 1.54) is 0 Å². The number of aliphatic carboxylic acids is 1. The molecule has 2 unspecified atom stereocenters. The van der Waals surface area contributed by atoms with E-state index in [1.54, 1.807) is 0 Å². The summed E-state index contributed by atoms with van der Waals surface area (Å²) in [6.45, 7) is -0.642. The van der Waals surface area contributed by atoms with Gasteiger partial charge in [0.1, 0.15) is 6.10 Å². The maximum atomic E-state index is 9.96. The number of carbonyl (C=O) groups is 1. The van der Waals surface area contributed by atoms with E-state index in [0.29, 0.717) is 0 Å². The van der Waals surface area contributed by atoms with Crippen molar-refractivity contribution in [3.05, 3.63) is 0 Å². The summed E-state index contributed by atoms with van der Waals surface area (Å²) in [5.41, 5.74) is 0. The summed E-state index contributed by atoms with van der Waals surface area (Å²) < 4.78 is 3.91. The summed E-state index contributed by atoms with van der Waals surface area (Å²) in [6, 6.07) is 0. The Labute approximate surface area is 62.0 Å². The summed E-state index contributed by atoms with van der Waals surface area (Å²) >= 11 is 4.72. The molecule has 0 radical (unpaired) electrons. The van der Waals surface area contributed by atoms with Gasteiger partial charge in [-0.3, -0.25) is 4.29 Å². The fourth-order valence-electron chi connectivity index (χ4n) is 0.336. The fourth-order valence-corrected chi connectivity index (χ4v) is 0.490. The summed E-state index contributed by atoms with van der Waals surface area (Å²) in [5, 5.41) is 25.0. The van der Waals surface area contributed by atoms with E-state index in [4.69, 9.17) is 27.2 Å². The van der Waals surface area contributed by atoms with E-state index in [0.717, 1.165) is 0 Å². The van der Waals surface area contributed by atoms with E-state index < -0.39 is 24.8 Å². The van der Waals surface area contributed by atoms with E-state index in [2.05, 4.69) is 4.29 Å². The molecule has 0 aromatic rings. The van der Waals surface area contributed by atoms with Crippen LogP contribution in [0.4, 0.5) is 0 Å². The number of aliphatic hydroxyl groups excluding tert-OH is 2. The monoisotopic (exact) mass is 170 g/mol. The third-order valence-corrected chi connectivity index (χ3v) is 1.13. The van der Waals surface area contributed by atoms with Crippen molar-refractivity contribution in [1.29, 1.82) is 0 Å². The number of rotatable bonds is 4. The zero-order valence-corrected chi connectivity index (χ0v) is 5.65. The van der Waals surface area contributed by atoms with Crippen LogP contribution in [-0.4, -0.2) is 40.1 Å². The number of carboxylic acid groups (broad SMARTS) is 1. The molecule has 0 amide bonds. The maximum Gasteiger partial charge on any atom is 0.335 e. The summed E-state index contributed by atoms with van der Waals surface area (Å²) in [7, 11) is 0. The average Bonchev–Trinajstić information content (AvgIpc) is 1.90. The topological polar surface area (TPSA) is 87.0 Å². The lowest BCUT2D eigenvalue weighted by atomic mass is 10.2. The van der Waals surface area contributed by atoms with Gasteiger partial charge in [0.2, 0.25) is 0 Å². The van der Waals surface area contributed by atoms with Gasteiger partial charge in [-0.25, -0.2) is 4.79 Å². The zero-order valence-electron chi connectivity index (χ0n) is 4.90. The molecule has 10 heavy (non-hydrogen) atoms. The molecular weight excluding hydrogens is 163 g/mol. The van der Waals surface area contributed by atoms with Gasteiger partial charge in [0.15, 0.2) is 6.10 Å². The van der Waals surface area contributed by atoms with Gasteiger partial charge in [0.25, 0.3) is 0 Å². The van der Waals surface area contributed by atoms with Gasteiger partial charge < -0.3 is 15.3 Å². The molecule has 0 aliphatic carbocycles. The Hall–Kier alpha value is -0.360. The van der Waals surface area contributed by atoms with Crippen LogP contribution in [-0.2, 0) is 9.08 Å². The molecule has 3 N–H and O–H groups in total. The highest BCUT2D eigenvalue weighted by molar-refractivity contribution is 6.07. The third kappa shape index (κ3) is 2.49. The number of aliphatic hydroxyl groups is 2. The van der Waals surface area contributed by atoms with Gasteiger partial charge >= 0.3 is 5.97 Å². The van der Waals surface area contributed by atoms with Crippen LogP contribution >= 0.6 is 11.9 Å². The molecule has 60 valence electrons. The molecule has 0 aromatic heterocycles. The minimum absolute atomic E-state index is 0.642. The van der Waals surface area contributed by atoms with Gasteiger partial charge in [-0.15, -0.1) is 0 Å². The third-order valence-electron chi connectivity index (χ3n) is 0.900. The minimum atomic E-state index is -1.79. The quantitative estimate of drug-likeness (QED) is 0.502. The van der Waals surface area contributed by atoms with Crippen molar-refractivity contribution in [1.82, 2.24) is 0 Å². The molecular formula is C4H7ClO5. The summed E-state index contributed by atoms with van der Waals surface area (Å²) in [4.78, 5) is 9.96. The first-order valence-corrected chi connectivity index (χ1v) is 2.73. The number of carboxylic acids is 1. The molecule has 0 aromatic carbocycles.